The molecule has 1 fully saturated rings. The van der Waals surface area contributed by atoms with Crippen LogP contribution in [0, 0.1) is 0 Å². The van der Waals surface area contributed by atoms with Crippen LogP contribution in [-0.4, -0.2) is 50.3 Å². The van der Waals surface area contributed by atoms with Crippen LogP contribution < -0.4 is 10.1 Å². The standard InChI is InChI=1S/C16H24N2O3/c1-4-21-15(19)16(9-11-18(2)12-10-16)17-13-5-7-14(20-3)8-6-13/h5-8,17H,4,9-12H2,1-3H3. The molecule has 1 aliphatic rings. The molecule has 1 saturated heterocycles. The average molecular weight is 292 g/mol. The Morgan fingerprint density at radius 3 is 2.43 bits per heavy atom. The van der Waals surface area contributed by atoms with E-state index in [1.807, 2.05) is 31.2 Å². The minimum atomic E-state index is -0.628. The lowest BCUT2D eigenvalue weighted by atomic mass is 9.87. The lowest BCUT2D eigenvalue weighted by molar-refractivity contribution is -0.150. The summed E-state index contributed by atoms with van der Waals surface area (Å²) in [6.07, 6.45) is 1.49. The fraction of sp³-hybridized carbons (Fsp3) is 0.562. The summed E-state index contributed by atoms with van der Waals surface area (Å²) in [5.41, 5.74) is 0.283. The Morgan fingerprint density at radius 1 is 1.29 bits per heavy atom. The number of benzene rings is 1. The molecule has 1 heterocycles. The van der Waals surface area contributed by atoms with Gasteiger partial charge < -0.3 is 19.7 Å². The monoisotopic (exact) mass is 292 g/mol. The number of nitrogens with zero attached hydrogens (tertiary/aromatic N) is 1. The van der Waals surface area contributed by atoms with Gasteiger partial charge in [0.2, 0.25) is 0 Å². The first-order chi connectivity index (χ1) is 10.1. The molecule has 5 heteroatoms. The molecule has 0 radical (unpaired) electrons. The van der Waals surface area contributed by atoms with Crippen LogP contribution in [0.1, 0.15) is 19.8 Å². The number of esters is 1. The van der Waals surface area contributed by atoms with Crippen LogP contribution in [0.15, 0.2) is 24.3 Å². The third-order valence-corrected chi connectivity index (χ3v) is 3.98. The maximum atomic E-state index is 12.4. The molecule has 0 atom stereocenters. The minimum Gasteiger partial charge on any atom is -0.497 e. The molecule has 0 bridgehead atoms. The molecule has 0 unspecified atom stereocenters. The van der Waals surface area contributed by atoms with Crippen molar-refractivity contribution in [3.8, 4) is 5.75 Å². The molecule has 2 rings (SSSR count). The molecule has 1 aromatic rings. The summed E-state index contributed by atoms with van der Waals surface area (Å²) in [7, 11) is 3.71. The van der Waals surface area contributed by atoms with Gasteiger partial charge in [0.25, 0.3) is 0 Å². The second-order valence-corrected chi connectivity index (χ2v) is 5.46. The van der Waals surface area contributed by atoms with Gasteiger partial charge in [0.1, 0.15) is 11.3 Å². The number of carbonyl (C=O) groups excluding carboxylic acids is 1. The highest BCUT2D eigenvalue weighted by Crippen LogP contribution is 2.29. The number of rotatable bonds is 5. The molecule has 1 aromatic carbocycles. The van der Waals surface area contributed by atoms with E-state index in [1.54, 1.807) is 7.11 Å². The Balaban J connectivity index is 2.16. The predicted octanol–water partition coefficient (Wildman–Crippen LogP) is 2.13. The van der Waals surface area contributed by atoms with Gasteiger partial charge in [0, 0.05) is 18.8 Å². The zero-order chi connectivity index (χ0) is 15.3. The van der Waals surface area contributed by atoms with Crippen molar-refractivity contribution in [2.45, 2.75) is 25.3 Å². The van der Waals surface area contributed by atoms with E-state index in [-0.39, 0.29) is 5.97 Å². The summed E-state index contributed by atoms with van der Waals surface area (Å²) in [5, 5.41) is 3.39. The molecule has 1 N–H and O–H groups in total. The molecule has 0 saturated carbocycles. The van der Waals surface area contributed by atoms with E-state index in [9.17, 15) is 4.79 Å². The third-order valence-electron chi connectivity index (χ3n) is 3.98. The number of hydrogen-bond acceptors (Lipinski definition) is 5. The lowest BCUT2D eigenvalue weighted by Crippen LogP contribution is -2.54. The van der Waals surface area contributed by atoms with E-state index >= 15 is 0 Å². The number of nitrogens with one attached hydrogen (secondary N) is 1. The topological polar surface area (TPSA) is 50.8 Å². The van der Waals surface area contributed by atoms with Crippen molar-refractivity contribution in [3.63, 3.8) is 0 Å². The van der Waals surface area contributed by atoms with E-state index in [1.165, 1.54) is 0 Å². The van der Waals surface area contributed by atoms with E-state index in [0.29, 0.717) is 6.61 Å². The highest BCUT2D eigenvalue weighted by Gasteiger charge is 2.42. The lowest BCUT2D eigenvalue weighted by Gasteiger charge is -2.39. The number of piperidine rings is 1. The fourth-order valence-corrected chi connectivity index (χ4v) is 2.60. The van der Waals surface area contributed by atoms with Gasteiger partial charge in [0.05, 0.1) is 13.7 Å². The molecule has 5 nitrogen and oxygen atoms in total. The number of carbonyl (C=O) groups is 1. The van der Waals surface area contributed by atoms with E-state index < -0.39 is 5.54 Å². The Hall–Kier alpha value is -1.75. The molecule has 0 aliphatic carbocycles. The number of likely N-dealkylation sites (tertiary alicyclic amines) is 1. The Morgan fingerprint density at radius 2 is 1.90 bits per heavy atom. The average Bonchev–Trinajstić information content (AvgIpc) is 2.51. The first kappa shape index (κ1) is 15.6. The van der Waals surface area contributed by atoms with Crippen molar-refractivity contribution in [2.75, 3.05) is 39.2 Å². The quantitative estimate of drug-likeness (QED) is 0.843. The van der Waals surface area contributed by atoms with Gasteiger partial charge in [0.15, 0.2) is 0 Å². The van der Waals surface area contributed by atoms with Crippen molar-refractivity contribution in [1.82, 2.24) is 4.90 Å². The smallest absolute Gasteiger partial charge is 0.331 e. The summed E-state index contributed by atoms with van der Waals surface area (Å²) in [6.45, 7) is 4.00. The molecule has 0 amide bonds. The van der Waals surface area contributed by atoms with Gasteiger partial charge in [-0.1, -0.05) is 0 Å². The SMILES string of the molecule is CCOC(=O)C1(Nc2ccc(OC)cc2)CCN(C)CC1. The van der Waals surface area contributed by atoms with Crippen molar-refractivity contribution < 1.29 is 14.3 Å². The molecule has 21 heavy (non-hydrogen) atoms. The van der Waals surface area contributed by atoms with Gasteiger partial charge in [-0.05, 0) is 51.1 Å². The van der Waals surface area contributed by atoms with Crippen molar-refractivity contribution >= 4 is 11.7 Å². The largest absolute Gasteiger partial charge is 0.497 e. The maximum Gasteiger partial charge on any atom is 0.331 e. The minimum absolute atomic E-state index is 0.158. The van der Waals surface area contributed by atoms with Crippen LogP contribution in [0.5, 0.6) is 5.75 Å². The number of hydrogen-bond donors (Lipinski definition) is 1. The third kappa shape index (κ3) is 3.67. The van der Waals surface area contributed by atoms with Crippen LogP contribution in [0.2, 0.25) is 0 Å². The van der Waals surface area contributed by atoms with Crippen molar-refractivity contribution in [3.05, 3.63) is 24.3 Å². The second-order valence-electron chi connectivity index (χ2n) is 5.46. The Kier molecular flexibility index (Phi) is 5.07. The zero-order valence-corrected chi connectivity index (χ0v) is 13.0. The van der Waals surface area contributed by atoms with Gasteiger partial charge in [-0.3, -0.25) is 0 Å². The van der Waals surface area contributed by atoms with Crippen LogP contribution in [0.4, 0.5) is 5.69 Å². The summed E-state index contributed by atoms with van der Waals surface area (Å²) in [5.74, 6) is 0.642. The molecule has 0 aromatic heterocycles. The first-order valence-electron chi connectivity index (χ1n) is 7.37. The van der Waals surface area contributed by atoms with Gasteiger partial charge in [-0.25, -0.2) is 4.79 Å². The zero-order valence-electron chi connectivity index (χ0n) is 13.0. The molecule has 116 valence electrons. The fourth-order valence-electron chi connectivity index (χ4n) is 2.60. The normalized spacial score (nSPS) is 18.0. The van der Waals surface area contributed by atoms with E-state index in [2.05, 4.69) is 17.3 Å². The van der Waals surface area contributed by atoms with Crippen LogP contribution >= 0.6 is 0 Å². The van der Waals surface area contributed by atoms with Gasteiger partial charge >= 0.3 is 5.97 Å². The van der Waals surface area contributed by atoms with Crippen molar-refractivity contribution in [2.24, 2.45) is 0 Å². The molecular formula is C16H24N2O3. The Labute approximate surface area is 126 Å². The van der Waals surface area contributed by atoms with Crippen molar-refractivity contribution in [1.29, 1.82) is 0 Å². The van der Waals surface area contributed by atoms with Crippen LogP contribution in [0.25, 0.3) is 0 Å². The van der Waals surface area contributed by atoms with E-state index in [0.717, 1.165) is 37.4 Å². The summed E-state index contributed by atoms with van der Waals surface area (Å²) < 4.78 is 10.5. The Bertz CT molecular complexity index is 465. The number of methoxy groups -OCH3 is 1. The van der Waals surface area contributed by atoms with Gasteiger partial charge in [-0.15, -0.1) is 0 Å². The number of ether oxygens (including phenoxy) is 2. The van der Waals surface area contributed by atoms with Crippen LogP contribution in [-0.2, 0) is 9.53 Å². The molecular weight excluding hydrogens is 268 g/mol. The maximum absolute atomic E-state index is 12.4. The first-order valence-corrected chi connectivity index (χ1v) is 7.37. The highest BCUT2D eigenvalue weighted by atomic mass is 16.5. The predicted molar refractivity (Wildman–Crippen MR) is 82.7 cm³/mol. The van der Waals surface area contributed by atoms with Gasteiger partial charge in [-0.2, -0.15) is 0 Å². The summed E-state index contributed by atoms with van der Waals surface area (Å²) >= 11 is 0. The second kappa shape index (κ2) is 6.80. The number of anilines is 1. The molecule has 1 aliphatic heterocycles. The van der Waals surface area contributed by atoms with Crippen LogP contribution in [0.3, 0.4) is 0 Å². The highest BCUT2D eigenvalue weighted by molar-refractivity contribution is 5.85. The van der Waals surface area contributed by atoms with E-state index in [4.69, 9.17) is 9.47 Å². The summed E-state index contributed by atoms with van der Waals surface area (Å²) in [4.78, 5) is 14.7. The summed E-state index contributed by atoms with van der Waals surface area (Å²) in [6, 6.07) is 7.63. The molecule has 0 spiro atoms.